The lowest BCUT2D eigenvalue weighted by atomic mass is 9.64. The summed E-state index contributed by atoms with van der Waals surface area (Å²) >= 11 is 6.56. The lowest BCUT2D eigenvalue weighted by molar-refractivity contribution is -0.154. The van der Waals surface area contributed by atoms with Crippen molar-refractivity contribution in [3.63, 3.8) is 0 Å². The number of fused-ring (bicyclic) bond motifs is 1. The fraction of sp³-hybridized carbons (Fsp3) is 0.581. The molecule has 1 N–H and O–H groups in total. The summed E-state index contributed by atoms with van der Waals surface area (Å²) in [5, 5.41) is 11.0. The first-order valence-corrected chi connectivity index (χ1v) is 14.6. The van der Waals surface area contributed by atoms with E-state index in [-0.39, 0.29) is 36.8 Å². The van der Waals surface area contributed by atoms with Crippen LogP contribution in [0.2, 0.25) is 5.02 Å². The van der Waals surface area contributed by atoms with E-state index >= 15 is 0 Å². The Balaban J connectivity index is 1.91. The third-order valence-electron chi connectivity index (χ3n) is 9.46. The van der Waals surface area contributed by atoms with E-state index in [1.54, 1.807) is 53.3 Å². The lowest BCUT2D eigenvalue weighted by Crippen LogP contribution is -2.60. The number of likely N-dealkylation sites (N-methyl/N-ethyl adjacent to an activating group) is 1. The minimum atomic E-state index is -1.21. The third-order valence-corrected chi connectivity index (χ3v) is 9.78. The summed E-state index contributed by atoms with van der Waals surface area (Å²) in [5.41, 5.74) is -1.56. The second kappa shape index (κ2) is 11.7. The van der Waals surface area contributed by atoms with Crippen LogP contribution in [0.3, 0.4) is 0 Å². The number of carbonyl (C=O) groups excluding carboxylic acids is 3. The molecule has 9 heteroatoms. The molecule has 1 aromatic rings. The first-order chi connectivity index (χ1) is 19.1. The van der Waals surface area contributed by atoms with Crippen LogP contribution in [0.25, 0.3) is 0 Å². The molecule has 0 radical (unpaired) electrons. The molecule has 3 aliphatic heterocycles. The summed E-state index contributed by atoms with van der Waals surface area (Å²) in [6.45, 7) is 13.7. The molecule has 4 rings (SSSR count). The number of aliphatic hydroxyl groups excluding tert-OH is 1. The maximum atomic E-state index is 14.8. The highest BCUT2D eigenvalue weighted by atomic mass is 35.5. The summed E-state index contributed by atoms with van der Waals surface area (Å²) in [6, 6.07) is 5.40. The standard InChI is InChI=1S/C31H42ClN3O5/c1-7-17-33(6)27(37)24-25-28(38)35(23(19-36)20(5)9-3)26(31(25)16-15-30(24,10-4)40-31)29(39)34(18-8-2)22-14-12-11-13-21(22)32/h7-8,11-14,20,23-26,36H,1-2,9-10,15-19H2,3-6H3/t20-,23-,24+,25-,26?,30-,31?/m0/s1. The van der Waals surface area contributed by atoms with Crippen LogP contribution in [0.1, 0.15) is 46.5 Å². The van der Waals surface area contributed by atoms with Crippen molar-refractivity contribution in [1.29, 1.82) is 0 Å². The van der Waals surface area contributed by atoms with Crippen molar-refractivity contribution >= 4 is 35.0 Å². The maximum Gasteiger partial charge on any atom is 0.253 e. The second-order valence-electron chi connectivity index (χ2n) is 11.4. The summed E-state index contributed by atoms with van der Waals surface area (Å²) < 4.78 is 6.90. The summed E-state index contributed by atoms with van der Waals surface area (Å²) in [5.74, 6) is -2.53. The van der Waals surface area contributed by atoms with Crippen molar-refractivity contribution in [2.75, 3.05) is 31.6 Å². The van der Waals surface area contributed by atoms with Gasteiger partial charge in [0.25, 0.3) is 5.91 Å². The second-order valence-corrected chi connectivity index (χ2v) is 11.8. The highest BCUT2D eigenvalue weighted by Crippen LogP contribution is 2.65. The molecule has 0 aliphatic carbocycles. The van der Waals surface area contributed by atoms with Crippen LogP contribution in [-0.2, 0) is 19.1 Å². The normalized spacial score (nSPS) is 30.1. The number of halogens is 1. The van der Waals surface area contributed by atoms with Gasteiger partial charge in [0.1, 0.15) is 11.6 Å². The topological polar surface area (TPSA) is 90.4 Å². The molecule has 8 nitrogen and oxygen atoms in total. The average Bonchev–Trinajstić information content (AvgIpc) is 3.56. The maximum absolute atomic E-state index is 14.8. The number of para-hydroxylation sites is 1. The number of hydrogen-bond donors (Lipinski definition) is 1. The Bertz CT molecular complexity index is 1180. The number of hydrogen-bond acceptors (Lipinski definition) is 5. The van der Waals surface area contributed by atoms with E-state index in [2.05, 4.69) is 13.2 Å². The monoisotopic (exact) mass is 571 g/mol. The molecule has 3 amide bonds. The Hall–Kier alpha value is -2.68. The Morgan fingerprint density at radius 1 is 1.20 bits per heavy atom. The van der Waals surface area contributed by atoms with E-state index in [1.807, 2.05) is 20.8 Å². The number of rotatable bonds is 12. The molecule has 40 heavy (non-hydrogen) atoms. The summed E-state index contributed by atoms with van der Waals surface area (Å²) in [7, 11) is 1.70. The molecular weight excluding hydrogens is 530 g/mol. The molecule has 7 atom stereocenters. The first-order valence-electron chi connectivity index (χ1n) is 14.2. The van der Waals surface area contributed by atoms with Crippen molar-refractivity contribution in [3.8, 4) is 0 Å². The van der Waals surface area contributed by atoms with E-state index < -0.39 is 35.1 Å². The Labute approximate surface area is 242 Å². The van der Waals surface area contributed by atoms with Crippen LogP contribution < -0.4 is 4.90 Å². The van der Waals surface area contributed by atoms with Gasteiger partial charge in [-0.25, -0.2) is 0 Å². The SMILES string of the molecule is C=CCN(C)C(=O)[C@H]1[C@H]2C(=O)N([C@@H](CO)[C@@H](C)CC)C(C(=O)N(CC=C)c3ccccc3Cl)C23CC[C@]1(CC)O3. The van der Waals surface area contributed by atoms with Gasteiger partial charge in [-0.05, 0) is 37.3 Å². The minimum Gasteiger partial charge on any atom is -0.394 e. The lowest BCUT2D eigenvalue weighted by Gasteiger charge is -2.41. The molecule has 2 unspecified atom stereocenters. The average molecular weight is 572 g/mol. The number of benzene rings is 1. The van der Waals surface area contributed by atoms with Gasteiger partial charge >= 0.3 is 0 Å². The summed E-state index contributed by atoms with van der Waals surface area (Å²) in [6.07, 6.45) is 5.52. The zero-order valence-electron chi connectivity index (χ0n) is 24.0. The van der Waals surface area contributed by atoms with E-state index in [0.29, 0.717) is 42.9 Å². The van der Waals surface area contributed by atoms with Gasteiger partial charge in [-0.2, -0.15) is 0 Å². The molecule has 3 fully saturated rings. The van der Waals surface area contributed by atoms with Gasteiger partial charge in [-0.3, -0.25) is 14.4 Å². The van der Waals surface area contributed by atoms with Crippen LogP contribution in [0.4, 0.5) is 5.69 Å². The highest BCUT2D eigenvalue weighted by Gasteiger charge is 2.79. The number of nitrogens with zero attached hydrogens (tertiary/aromatic N) is 3. The van der Waals surface area contributed by atoms with Gasteiger partial charge < -0.3 is 24.5 Å². The van der Waals surface area contributed by atoms with Crippen molar-refractivity contribution in [2.45, 2.75) is 69.7 Å². The van der Waals surface area contributed by atoms with Crippen LogP contribution in [0, 0.1) is 17.8 Å². The molecular formula is C31H42ClN3O5. The van der Waals surface area contributed by atoms with Gasteiger partial charge in [0.15, 0.2) is 0 Å². The van der Waals surface area contributed by atoms with Crippen LogP contribution in [0.15, 0.2) is 49.6 Å². The van der Waals surface area contributed by atoms with E-state index in [1.165, 1.54) is 4.90 Å². The molecule has 1 spiro atoms. The Kier molecular flexibility index (Phi) is 8.83. The first kappa shape index (κ1) is 30.3. The van der Waals surface area contributed by atoms with E-state index in [4.69, 9.17) is 16.3 Å². The van der Waals surface area contributed by atoms with Crippen LogP contribution in [-0.4, -0.2) is 82.7 Å². The number of anilines is 1. The van der Waals surface area contributed by atoms with Crippen molar-refractivity contribution in [3.05, 3.63) is 54.6 Å². The Morgan fingerprint density at radius 3 is 2.45 bits per heavy atom. The number of likely N-dealkylation sites (tertiary alicyclic amines) is 1. The predicted octanol–water partition coefficient (Wildman–Crippen LogP) is 4.07. The zero-order valence-corrected chi connectivity index (χ0v) is 24.8. The Morgan fingerprint density at radius 2 is 1.88 bits per heavy atom. The number of aliphatic hydroxyl groups is 1. The van der Waals surface area contributed by atoms with Crippen molar-refractivity contribution in [1.82, 2.24) is 9.80 Å². The third kappa shape index (κ3) is 4.48. The molecule has 3 saturated heterocycles. The van der Waals surface area contributed by atoms with Crippen molar-refractivity contribution in [2.24, 2.45) is 17.8 Å². The van der Waals surface area contributed by atoms with Crippen molar-refractivity contribution < 1.29 is 24.2 Å². The quantitative estimate of drug-likeness (QED) is 0.382. The summed E-state index contributed by atoms with van der Waals surface area (Å²) in [4.78, 5) is 47.9. The minimum absolute atomic E-state index is 0.0948. The van der Waals surface area contributed by atoms with Gasteiger partial charge in [-0.15, -0.1) is 13.2 Å². The van der Waals surface area contributed by atoms with Crippen LogP contribution >= 0.6 is 11.6 Å². The predicted molar refractivity (Wildman–Crippen MR) is 156 cm³/mol. The van der Waals surface area contributed by atoms with Crippen LogP contribution in [0.5, 0.6) is 0 Å². The van der Waals surface area contributed by atoms with Gasteiger partial charge in [0, 0.05) is 20.1 Å². The molecule has 3 aliphatic rings. The van der Waals surface area contributed by atoms with Gasteiger partial charge in [0.05, 0.1) is 40.8 Å². The van der Waals surface area contributed by atoms with Gasteiger partial charge in [0.2, 0.25) is 11.8 Å². The fourth-order valence-corrected chi connectivity index (χ4v) is 7.50. The number of carbonyl (C=O) groups is 3. The fourth-order valence-electron chi connectivity index (χ4n) is 7.26. The number of amides is 3. The smallest absolute Gasteiger partial charge is 0.253 e. The molecule has 2 bridgehead atoms. The zero-order chi connectivity index (χ0) is 29.4. The molecule has 0 saturated carbocycles. The largest absolute Gasteiger partial charge is 0.394 e. The number of ether oxygens (including phenoxy) is 1. The van der Waals surface area contributed by atoms with Gasteiger partial charge in [-0.1, -0.05) is 63.1 Å². The molecule has 0 aromatic heterocycles. The highest BCUT2D eigenvalue weighted by molar-refractivity contribution is 6.34. The molecule has 218 valence electrons. The molecule has 1 aromatic carbocycles. The van der Waals surface area contributed by atoms with E-state index in [0.717, 1.165) is 0 Å². The van der Waals surface area contributed by atoms with E-state index in [9.17, 15) is 19.5 Å². The molecule has 3 heterocycles.